The van der Waals surface area contributed by atoms with Crippen molar-refractivity contribution in [1.82, 2.24) is 0 Å². The maximum atomic E-state index is 9.75. The summed E-state index contributed by atoms with van der Waals surface area (Å²) in [5, 5.41) is 0. The van der Waals surface area contributed by atoms with Gasteiger partial charge in [-0.1, -0.05) is 30.0 Å². The first-order chi connectivity index (χ1) is 12.9. The van der Waals surface area contributed by atoms with E-state index in [4.69, 9.17) is 18.7 Å². The Morgan fingerprint density at radius 2 is 1.04 bits per heavy atom. The van der Waals surface area contributed by atoms with Gasteiger partial charge >= 0.3 is 41.2 Å². The predicted molar refractivity (Wildman–Crippen MR) is 87.4 cm³/mol. The zero-order valence-electron chi connectivity index (χ0n) is 14.3. The summed E-state index contributed by atoms with van der Waals surface area (Å²) in [6.07, 6.45) is 0. The molecule has 0 heterocycles. The van der Waals surface area contributed by atoms with Crippen LogP contribution in [0, 0.1) is 31.8 Å². The van der Waals surface area contributed by atoms with E-state index in [0.717, 1.165) is 16.9 Å². The molecule has 0 N–H and O–H groups in total. The van der Waals surface area contributed by atoms with Gasteiger partial charge in [-0.25, -0.2) is 0 Å². The fraction of sp³-hybridized carbons (Fsp3) is 0.0556. The number of hydrogen-bond donors (Lipinski definition) is 0. The van der Waals surface area contributed by atoms with E-state index in [9.17, 15) is 17.3 Å². The minimum Gasteiger partial charge on any atom is 0 e. The second kappa shape index (κ2) is 22.4. The molecule has 0 spiro atoms. The van der Waals surface area contributed by atoms with Crippen LogP contribution in [-0.4, -0.2) is 14.4 Å². The third-order valence-corrected chi connectivity index (χ3v) is 2.21. The number of rotatable bonds is 1. The van der Waals surface area contributed by atoms with Gasteiger partial charge < -0.3 is 22.0 Å². The third kappa shape index (κ3) is 23.3. The van der Waals surface area contributed by atoms with Crippen molar-refractivity contribution in [2.75, 3.05) is 7.11 Å². The van der Waals surface area contributed by atoms with Crippen molar-refractivity contribution < 1.29 is 53.0 Å². The monoisotopic (exact) mass is 434 g/mol. The van der Waals surface area contributed by atoms with Crippen LogP contribution in [0.15, 0.2) is 54.6 Å². The first kappa shape index (κ1) is 33.0. The molecule has 0 atom stereocenters. The van der Waals surface area contributed by atoms with E-state index in [1.807, 2.05) is 54.6 Å². The summed E-state index contributed by atoms with van der Waals surface area (Å²) in [7, 11) is -4.34. The summed E-state index contributed by atoms with van der Waals surface area (Å²) >= 11 is 0. The molecule has 10 heteroatoms. The van der Waals surface area contributed by atoms with Gasteiger partial charge in [0.05, 0.1) is 7.11 Å². The molecule has 0 aliphatic heterocycles. The molecule has 2 aromatic carbocycles. The summed E-state index contributed by atoms with van der Waals surface area (Å²) in [4.78, 5) is 0. The molecule has 0 fully saturated rings. The molecule has 0 saturated heterocycles. The Balaban J connectivity index is -0.000000205. The molecule has 0 aromatic heterocycles. The quantitative estimate of drug-likeness (QED) is 0.217. The van der Waals surface area contributed by atoms with Gasteiger partial charge in [-0.3, -0.25) is 0 Å². The molecule has 1 radical (unpaired) electrons. The minimum atomic E-state index is -6.00. The molecule has 0 amide bonds. The summed E-state index contributed by atoms with van der Waals surface area (Å²) in [5.74, 6) is 7.07. The van der Waals surface area contributed by atoms with E-state index in [2.05, 4.69) is 31.8 Å². The van der Waals surface area contributed by atoms with Crippen molar-refractivity contribution in [3.05, 3.63) is 85.7 Å². The Labute approximate surface area is 171 Å². The summed E-state index contributed by atoms with van der Waals surface area (Å²) in [5.41, 5.74) is 2.02. The Kier molecular flexibility index (Phi) is 26.3. The van der Waals surface area contributed by atoms with Gasteiger partial charge in [0.15, 0.2) is 0 Å². The van der Waals surface area contributed by atoms with E-state index in [1.54, 1.807) is 7.11 Å². The van der Waals surface area contributed by atoms with Crippen LogP contribution in [0.5, 0.6) is 5.75 Å². The van der Waals surface area contributed by atoms with Crippen molar-refractivity contribution >= 4 is 7.25 Å². The van der Waals surface area contributed by atoms with Crippen molar-refractivity contribution in [3.8, 4) is 17.6 Å². The Hall–Kier alpha value is -2.68. The summed E-state index contributed by atoms with van der Waals surface area (Å²) < 4.78 is 66.6. The second-order valence-electron chi connectivity index (χ2n) is 3.84. The van der Waals surface area contributed by atoms with Gasteiger partial charge in [0.2, 0.25) is 0 Å². The number of hydrogen-bond acceptors (Lipinski definition) is 1. The summed E-state index contributed by atoms with van der Waals surface area (Å²) in [6.45, 7) is 13.5. The average molecular weight is 434 g/mol. The van der Waals surface area contributed by atoms with Crippen LogP contribution >= 0.6 is 0 Å². The zero-order valence-corrected chi connectivity index (χ0v) is 15.5. The zero-order chi connectivity index (χ0) is 21.7. The van der Waals surface area contributed by atoms with Gasteiger partial charge in [-0.2, -0.15) is 0 Å². The molecule has 0 unspecified atom stereocenters. The first-order valence-corrected chi connectivity index (χ1v) is 6.58. The molecule has 0 bridgehead atoms. The van der Waals surface area contributed by atoms with Crippen LogP contribution < -0.4 is 4.74 Å². The summed E-state index contributed by atoms with van der Waals surface area (Å²) in [6, 6.07) is 17.7. The van der Waals surface area contributed by atoms with Crippen LogP contribution in [0.4, 0.5) is 17.3 Å². The molecule has 0 saturated carbocycles. The Bertz CT molecular complexity index is 714. The average Bonchev–Trinajstić information content (AvgIpc) is 2.71. The SMILES string of the molecule is COc1ccc(C#Cc2ccccc2)cc1.F[B-](F)(F)F.[C-]#[O+].[C-]#[O+].[C-]#[O+].[Mn]. The molecule has 147 valence electrons. The maximum absolute atomic E-state index is 9.75. The number of benzene rings is 2. The van der Waals surface area contributed by atoms with Crippen molar-refractivity contribution in [3.63, 3.8) is 0 Å². The molecule has 0 aliphatic carbocycles. The molecule has 28 heavy (non-hydrogen) atoms. The van der Waals surface area contributed by atoms with Crippen LogP contribution in [0.1, 0.15) is 11.1 Å². The topological polar surface area (TPSA) is 68.9 Å². The van der Waals surface area contributed by atoms with Gasteiger partial charge in [0.25, 0.3) is 0 Å². The van der Waals surface area contributed by atoms with Gasteiger partial charge in [-0.05, 0) is 36.4 Å². The minimum absolute atomic E-state index is 0. The Morgan fingerprint density at radius 1 is 0.714 bits per heavy atom. The fourth-order valence-corrected chi connectivity index (χ4v) is 1.34. The van der Waals surface area contributed by atoms with Crippen LogP contribution in [0.25, 0.3) is 0 Å². The van der Waals surface area contributed by atoms with Crippen molar-refractivity contribution in [1.29, 1.82) is 0 Å². The van der Waals surface area contributed by atoms with Crippen LogP contribution in [-0.2, 0) is 31.0 Å². The molecular weight excluding hydrogens is 422 g/mol. The van der Waals surface area contributed by atoms with E-state index < -0.39 is 7.25 Å². The maximum Gasteiger partial charge on any atom is 0 e. The largest absolute Gasteiger partial charge is 0 e. The van der Waals surface area contributed by atoms with Gasteiger partial charge in [0.1, 0.15) is 5.75 Å². The first-order valence-electron chi connectivity index (χ1n) is 6.58. The Morgan fingerprint density at radius 3 is 1.36 bits per heavy atom. The van der Waals surface area contributed by atoms with E-state index in [0.29, 0.717) is 0 Å². The molecule has 2 aromatic rings. The van der Waals surface area contributed by atoms with E-state index in [1.165, 1.54) is 0 Å². The van der Waals surface area contributed by atoms with Crippen LogP contribution in [0.2, 0.25) is 0 Å². The number of halogens is 4. The standard InChI is InChI=1S/C15H12O.3CO.BF4.Mn/c1-16-15-11-9-14(10-12-15)8-7-13-5-3-2-4-6-13;3*1-2;2-1(3,4)5;/h2-6,9-12H,1H3;;;;;/q;;;;-1;. The number of methoxy groups -OCH3 is 1. The second-order valence-corrected chi connectivity index (χ2v) is 3.84. The number of ether oxygens (including phenoxy) is 1. The van der Waals surface area contributed by atoms with Gasteiger partial charge in [0, 0.05) is 28.2 Å². The smallest absolute Gasteiger partial charge is 0 e. The normalized spacial score (nSPS) is 7.54. The van der Waals surface area contributed by atoms with Crippen LogP contribution in [0.3, 0.4) is 0 Å². The van der Waals surface area contributed by atoms with Crippen molar-refractivity contribution in [2.24, 2.45) is 0 Å². The van der Waals surface area contributed by atoms with E-state index >= 15 is 0 Å². The molecule has 4 nitrogen and oxygen atoms in total. The fourth-order valence-electron chi connectivity index (χ4n) is 1.34. The molecular formula is C18H12BF4MnO4-. The predicted octanol–water partition coefficient (Wildman–Crippen LogP) is 4.28. The molecule has 2 rings (SSSR count). The molecule has 0 aliphatic rings. The van der Waals surface area contributed by atoms with E-state index in [-0.39, 0.29) is 17.1 Å². The van der Waals surface area contributed by atoms with Gasteiger partial charge in [-0.15, -0.1) is 0 Å². The van der Waals surface area contributed by atoms with Crippen molar-refractivity contribution in [2.45, 2.75) is 0 Å². The third-order valence-electron chi connectivity index (χ3n) is 2.21.